The maximum atomic E-state index is 14.2. The van der Waals surface area contributed by atoms with Crippen molar-refractivity contribution in [2.45, 2.75) is 33.4 Å². The summed E-state index contributed by atoms with van der Waals surface area (Å²) in [5.41, 5.74) is 3.01. The summed E-state index contributed by atoms with van der Waals surface area (Å²) in [6.45, 7) is 6.48. The summed E-state index contributed by atoms with van der Waals surface area (Å²) in [6.07, 6.45) is 1.80. The number of para-hydroxylation sites is 1. The third-order valence-corrected chi connectivity index (χ3v) is 8.77. The van der Waals surface area contributed by atoms with Crippen LogP contribution in [0.25, 0.3) is 16.8 Å². The zero-order chi connectivity index (χ0) is 32.2. The predicted molar refractivity (Wildman–Crippen MR) is 179 cm³/mol. The first kappa shape index (κ1) is 30.9. The first-order chi connectivity index (χ1) is 22.4. The molecule has 8 nitrogen and oxygen atoms in total. The molecule has 0 aliphatic carbocycles. The van der Waals surface area contributed by atoms with Crippen molar-refractivity contribution in [2.24, 2.45) is 4.99 Å². The van der Waals surface area contributed by atoms with E-state index in [4.69, 9.17) is 23.9 Å². The molecule has 0 saturated carbocycles. The number of methoxy groups -OCH3 is 1. The molecule has 4 aromatic carbocycles. The molecule has 0 unspecified atom stereocenters. The Balaban J connectivity index is 1.45. The molecule has 46 heavy (non-hydrogen) atoms. The van der Waals surface area contributed by atoms with E-state index in [2.05, 4.69) is 18.2 Å². The highest BCUT2D eigenvalue weighted by atomic mass is 32.1. The van der Waals surface area contributed by atoms with Gasteiger partial charge < -0.3 is 18.9 Å². The van der Waals surface area contributed by atoms with E-state index < -0.39 is 12.0 Å². The predicted octanol–water partition coefficient (Wildman–Crippen LogP) is 5.94. The second-order valence-corrected chi connectivity index (χ2v) is 11.6. The minimum atomic E-state index is -0.722. The molecule has 0 fully saturated rings. The minimum absolute atomic E-state index is 0.202. The minimum Gasteiger partial charge on any atom is -0.494 e. The Labute approximate surface area is 270 Å². The first-order valence-electron chi connectivity index (χ1n) is 15.1. The molecule has 1 atom stereocenters. The van der Waals surface area contributed by atoms with E-state index in [0.717, 1.165) is 21.9 Å². The van der Waals surface area contributed by atoms with Crippen LogP contribution in [0, 0.1) is 0 Å². The van der Waals surface area contributed by atoms with Crippen LogP contribution in [0.3, 0.4) is 0 Å². The van der Waals surface area contributed by atoms with Crippen LogP contribution in [0.2, 0.25) is 0 Å². The Morgan fingerprint density at radius 2 is 1.70 bits per heavy atom. The fraction of sp³-hybridized carbons (Fsp3) is 0.216. The van der Waals surface area contributed by atoms with Gasteiger partial charge in [-0.05, 0) is 66.9 Å². The van der Waals surface area contributed by atoms with Gasteiger partial charge in [0.1, 0.15) is 12.4 Å². The number of hydrogen-bond donors (Lipinski definition) is 0. The number of esters is 1. The maximum Gasteiger partial charge on any atom is 0.338 e. The summed E-state index contributed by atoms with van der Waals surface area (Å²) in [6, 6.07) is 26.6. The van der Waals surface area contributed by atoms with Gasteiger partial charge in [0.2, 0.25) is 0 Å². The van der Waals surface area contributed by atoms with Crippen LogP contribution in [-0.2, 0) is 16.1 Å². The number of hydrogen-bond acceptors (Lipinski definition) is 8. The van der Waals surface area contributed by atoms with E-state index in [1.807, 2.05) is 73.7 Å². The van der Waals surface area contributed by atoms with Crippen molar-refractivity contribution < 1.29 is 23.7 Å². The molecule has 0 amide bonds. The van der Waals surface area contributed by atoms with Gasteiger partial charge >= 0.3 is 5.97 Å². The number of benzene rings is 4. The molecule has 0 saturated heterocycles. The normalized spacial score (nSPS) is 14.5. The standard InChI is InChI=1S/C37H34N2O6S/c1-5-43-28-19-17-25(18-20-28)33-32(36(41)44-6-2)23(3)38-37-39(33)35(40)31(46-37)21-26-13-10-16-30(42-4)34(26)45-22-27-14-9-12-24-11-7-8-15-29(24)27/h7-21,33H,5-6,22H2,1-4H3/b31-21-/t33-/m0/s1. The van der Waals surface area contributed by atoms with Gasteiger partial charge in [-0.15, -0.1) is 0 Å². The Hall–Kier alpha value is -5.15. The Kier molecular flexibility index (Phi) is 9.03. The number of rotatable bonds is 10. The molecule has 9 heteroatoms. The summed E-state index contributed by atoms with van der Waals surface area (Å²) in [5, 5.41) is 2.24. The van der Waals surface area contributed by atoms with Crippen LogP contribution >= 0.6 is 11.3 Å². The van der Waals surface area contributed by atoms with Crippen molar-refractivity contribution in [3.8, 4) is 17.2 Å². The Morgan fingerprint density at radius 3 is 2.46 bits per heavy atom. The van der Waals surface area contributed by atoms with Crippen molar-refractivity contribution in [1.82, 2.24) is 4.57 Å². The highest BCUT2D eigenvalue weighted by Crippen LogP contribution is 2.34. The van der Waals surface area contributed by atoms with Crippen molar-refractivity contribution in [3.05, 3.63) is 133 Å². The fourth-order valence-electron chi connectivity index (χ4n) is 5.69. The third kappa shape index (κ3) is 5.93. The average Bonchev–Trinajstić information content (AvgIpc) is 3.37. The van der Waals surface area contributed by atoms with Gasteiger partial charge in [-0.1, -0.05) is 78.1 Å². The van der Waals surface area contributed by atoms with Gasteiger partial charge in [-0.25, -0.2) is 9.79 Å². The van der Waals surface area contributed by atoms with Gasteiger partial charge in [-0.3, -0.25) is 9.36 Å². The molecular weight excluding hydrogens is 600 g/mol. The highest BCUT2D eigenvalue weighted by Gasteiger charge is 2.33. The molecule has 5 aromatic rings. The first-order valence-corrected chi connectivity index (χ1v) is 15.9. The molecule has 1 aliphatic rings. The number of nitrogens with zero attached hydrogens (tertiary/aromatic N) is 2. The van der Waals surface area contributed by atoms with Crippen LogP contribution in [0.15, 0.2) is 106 Å². The van der Waals surface area contributed by atoms with Crippen LogP contribution in [0.5, 0.6) is 17.2 Å². The molecular formula is C37H34N2O6S. The summed E-state index contributed by atoms with van der Waals surface area (Å²) < 4.78 is 25.2. The lowest BCUT2D eigenvalue weighted by atomic mass is 9.96. The van der Waals surface area contributed by atoms with E-state index in [0.29, 0.717) is 56.6 Å². The Bertz CT molecular complexity index is 2120. The number of ether oxygens (including phenoxy) is 4. The highest BCUT2D eigenvalue weighted by molar-refractivity contribution is 7.07. The van der Waals surface area contributed by atoms with Crippen molar-refractivity contribution in [2.75, 3.05) is 20.3 Å². The molecule has 234 valence electrons. The van der Waals surface area contributed by atoms with Gasteiger partial charge in [-0.2, -0.15) is 0 Å². The molecule has 6 rings (SSSR count). The van der Waals surface area contributed by atoms with Gasteiger partial charge in [0, 0.05) is 5.56 Å². The van der Waals surface area contributed by atoms with Gasteiger partial charge in [0.25, 0.3) is 5.56 Å². The molecule has 0 N–H and O–H groups in total. The van der Waals surface area contributed by atoms with E-state index >= 15 is 0 Å². The third-order valence-electron chi connectivity index (χ3n) is 7.79. The van der Waals surface area contributed by atoms with E-state index in [9.17, 15) is 9.59 Å². The van der Waals surface area contributed by atoms with Gasteiger partial charge in [0.15, 0.2) is 16.3 Å². The SMILES string of the molecule is CCOC(=O)C1=C(C)N=c2s/c(=C\c3cccc(OC)c3OCc3cccc4ccccc34)c(=O)n2[C@H]1c1ccc(OCC)cc1. The number of carbonyl (C=O) groups excluding carboxylic acids is 1. The smallest absolute Gasteiger partial charge is 0.338 e. The zero-order valence-corrected chi connectivity index (χ0v) is 26.9. The lowest BCUT2D eigenvalue weighted by molar-refractivity contribution is -0.139. The van der Waals surface area contributed by atoms with Crippen molar-refractivity contribution in [1.29, 1.82) is 0 Å². The number of allylic oxidation sites excluding steroid dienone is 1. The van der Waals surface area contributed by atoms with Crippen molar-refractivity contribution >= 4 is 34.2 Å². The molecule has 2 heterocycles. The van der Waals surface area contributed by atoms with Crippen LogP contribution in [0.4, 0.5) is 0 Å². The van der Waals surface area contributed by atoms with Crippen LogP contribution in [-0.4, -0.2) is 30.9 Å². The maximum absolute atomic E-state index is 14.2. The van der Waals surface area contributed by atoms with Crippen LogP contribution in [0.1, 0.15) is 43.5 Å². The fourth-order valence-corrected chi connectivity index (χ4v) is 6.73. The lowest BCUT2D eigenvalue weighted by Crippen LogP contribution is -2.39. The van der Waals surface area contributed by atoms with E-state index in [1.165, 1.54) is 11.3 Å². The largest absolute Gasteiger partial charge is 0.494 e. The molecule has 1 aliphatic heterocycles. The quantitative estimate of drug-likeness (QED) is 0.177. The van der Waals surface area contributed by atoms with Gasteiger partial charge in [0.05, 0.1) is 42.2 Å². The zero-order valence-electron chi connectivity index (χ0n) is 26.1. The summed E-state index contributed by atoms with van der Waals surface area (Å²) in [5.74, 6) is 1.27. The summed E-state index contributed by atoms with van der Waals surface area (Å²) in [7, 11) is 1.59. The molecule has 0 radical (unpaired) electrons. The van der Waals surface area contributed by atoms with Crippen LogP contribution < -0.4 is 29.1 Å². The summed E-state index contributed by atoms with van der Waals surface area (Å²) >= 11 is 1.26. The molecule has 0 spiro atoms. The molecule has 1 aromatic heterocycles. The second-order valence-electron chi connectivity index (χ2n) is 10.6. The Morgan fingerprint density at radius 1 is 0.935 bits per heavy atom. The topological polar surface area (TPSA) is 88.4 Å². The summed E-state index contributed by atoms with van der Waals surface area (Å²) in [4.78, 5) is 32.6. The average molecular weight is 635 g/mol. The lowest BCUT2D eigenvalue weighted by Gasteiger charge is -2.24. The molecule has 0 bridgehead atoms. The number of carbonyl (C=O) groups is 1. The number of fused-ring (bicyclic) bond motifs is 2. The number of thiazole rings is 1. The van der Waals surface area contributed by atoms with E-state index in [1.54, 1.807) is 31.6 Å². The number of aromatic nitrogens is 1. The second kappa shape index (κ2) is 13.5. The van der Waals surface area contributed by atoms with Crippen molar-refractivity contribution in [3.63, 3.8) is 0 Å². The monoisotopic (exact) mass is 634 g/mol. The van der Waals surface area contributed by atoms with E-state index in [-0.39, 0.29) is 12.2 Å².